The second-order valence-electron chi connectivity index (χ2n) is 7.57. The number of halogens is 1. The summed E-state index contributed by atoms with van der Waals surface area (Å²) in [6, 6.07) is 15.4. The Kier molecular flexibility index (Phi) is 6.19. The summed E-state index contributed by atoms with van der Waals surface area (Å²) in [5, 5.41) is 11.1. The van der Waals surface area contributed by atoms with Crippen LogP contribution in [-0.4, -0.2) is 35.4 Å². The van der Waals surface area contributed by atoms with E-state index < -0.39 is 17.7 Å². The first kappa shape index (κ1) is 21.9. The van der Waals surface area contributed by atoms with Gasteiger partial charge in [-0.3, -0.25) is 9.59 Å². The van der Waals surface area contributed by atoms with Crippen LogP contribution in [0.3, 0.4) is 0 Å². The minimum Gasteiger partial charge on any atom is -0.507 e. The molecule has 2 heterocycles. The molecule has 3 aromatic rings. The fourth-order valence-electron chi connectivity index (χ4n) is 3.84. The number of carbonyl (C=O) groups is 2. The second-order valence-corrected chi connectivity index (χ2v) is 8.42. The Bertz CT molecular complexity index is 1180. The maximum Gasteiger partial charge on any atom is 0.295 e. The predicted octanol–water partition coefficient (Wildman–Crippen LogP) is 5.02. The zero-order chi connectivity index (χ0) is 22.8. The molecule has 1 amide bonds. The third-order valence-electron chi connectivity index (χ3n) is 5.58. The molecular formula is C25H22BrNO5. The van der Waals surface area contributed by atoms with Crippen molar-refractivity contribution in [2.75, 3.05) is 13.7 Å². The molecule has 1 unspecified atom stereocenters. The predicted molar refractivity (Wildman–Crippen MR) is 123 cm³/mol. The van der Waals surface area contributed by atoms with Gasteiger partial charge in [0.25, 0.3) is 11.7 Å². The average molecular weight is 496 g/mol. The molecule has 0 aliphatic carbocycles. The SMILES string of the molecule is COc1ccc(CCN2C(=O)C(=O)/C(=C(\O)c3ccc(Br)c(C)c3)C2c2ccco2)cc1. The van der Waals surface area contributed by atoms with E-state index in [0.29, 0.717) is 24.3 Å². The van der Waals surface area contributed by atoms with Gasteiger partial charge in [-0.1, -0.05) is 34.1 Å². The monoisotopic (exact) mass is 495 g/mol. The number of ether oxygens (including phenoxy) is 1. The number of furan rings is 1. The highest BCUT2D eigenvalue weighted by Crippen LogP contribution is 2.40. The number of likely N-dealkylation sites (tertiary alicyclic amines) is 1. The summed E-state index contributed by atoms with van der Waals surface area (Å²) in [6.07, 6.45) is 2.02. The molecule has 1 atom stereocenters. The van der Waals surface area contributed by atoms with Gasteiger partial charge in [-0.25, -0.2) is 0 Å². The molecule has 1 aliphatic heterocycles. The molecule has 1 N–H and O–H groups in total. The molecule has 164 valence electrons. The number of aryl methyl sites for hydroxylation is 1. The number of carbonyl (C=O) groups excluding carboxylic acids is 2. The van der Waals surface area contributed by atoms with Crippen LogP contribution in [0.2, 0.25) is 0 Å². The van der Waals surface area contributed by atoms with Crippen molar-refractivity contribution in [1.82, 2.24) is 4.90 Å². The Morgan fingerprint density at radius 2 is 1.91 bits per heavy atom. The van der Waals surface area contributed by atoms with E-state index in [1.165, 1.54) is 11.2 Å². The molecule has 32 heavy (non-hydrogen) atoms. The molecule has 0 radical (unpaired) electrons. The van der Waals surface area contributed by atoms with Gasteiger partial charge in [0.15, 0.2) is 0 Å². The summed E-state index contributed by atoms with van der Waals surface area (Å²) in [4.78, 5) is 27.4. The van der Waals surface area contributed by atoms with E-state index in [1.54, 1.807) is 37.4 Å². The number of Topliss-reactive ketones (excluding diaryl/α,β-unsaturated/α-hetero) is 1. The summed E-state index contributed by atoms with van der Waals surface area (Å²) < 4.78 is 11.6. The summed E-state index contributed by atoms with van der Waals surface area (Å²) in [5.41, 5.74) is 2.39. The van der Waals surface area contributed by atoms with Crippen LogP contribution in [0, 0.1) is 6.92 Å². The molecule has 0 bridgehead atoms. The third kappa shape index (κ3) is 4.08. The average Bonchev–Trinajstić information content (AvgIpc) is 3.41. The minimum absolute atomic E-state index is 0.0291. The molecule has 4 rings (SSSR count). The third-order valence-corrected chi connectivity index (χ3v) is 6.47. The quantitative estimate of drug-likeness (QED) is 0.295. The highest BCUT2D eigenvalue weighted by atomic mass is 79.9. The first-order valence-electron chi connectivity index (χ1n) is 10.1. The molecule has 1 saturated heterocycles. The van der Waals surface area contributed by atoms with Crippen LogP contribution in [-0.2, 0) is 16.0 Å². The molecule has 7 heteroatoms. The number of ketones is 1. The highest BCUT2D eigenvalue weighted by molar-refractivity contribution is 9.10. The van der Waals surface area contributed by atoms with Gasteiger partial charge in [-0.15, -0.1) is 0 Å². The first-order valence-corrected chi connectivity index (χ1v) is 10.9. The van der Waals surface area contributed by atoms with Crippen LogP contribution in [0.25, 0.3) is 5.76 Å². The lowest BCUT2D eigenvalue weighted by Crippen LogP contribution is -2.31. The standard InChI is InChI=1S/C25H22BrNO5/c1-15-14-17(7-10-19(15)26)23(28)21-22(20-4-3-13-32-20)27(25(30)24(21)29)12-11-16-5-8-18(31-2)9-6-16/h3-10,13-14,22,28H,11-12H2,1-2H3/b23-21-. The summed E-state index contributed by atoms with van der Waals surface area (Å²) in [7, 11) is 1.60. The van der Waals surface area contributed by atoms with Gasteiger partial charge >= 0.3 is 0 Å². The number of hydrogen-bond donors (Lipinski definition) is 1. The zero-order valence-electron chi connectivity index (χ0n) is 17.7. The van der Waals surface area contributed by atoms with Crippen LogP contribution in [0.4, 0.5) is 0 Å². The van der Waals surface area contributed by atoms with Gasteiger partial charge in [0.1, 0.15) is 23.3 Å². The molecule has 1 aliphatic rings. The van der Waals surface area contributed by atoms with E-state index in [4.69, 9.17) is 9.15 Å². The normalized spacial score (nSPS) is 17.7. The highest BCUT2D eigenvalue weighted by Gasteiger charge is 2.47. The summed E-state index contributed by atoms with van der Waals surface area (Å²) in [6.45, 7) is 2.18. The Morgan fingerprint density at radius 1 is 1.16 bits per heavy atom. The first-order chi connectivity index (χ1) is 15.4. The fraction of sp³-hybridized carbons (Fsp3) is 0.200. The van der Waals surface area contributed by atoms with Crippen LogP contribution in [0.15, 0.2) is 75.3 Å². The Balaban J connectivity index is 1.71. The van der Waals surface area contributed by atoms with Crippen LogP contribution in [0.1, 0.15) is 28.5 Å². The van der Waals surface area contributed by atoms with Crippen molar-refractivity contribution in [3.05, 3.63) is 93.4 Å². The van der Waals surface area contributed by atoms with Gasteiger partial charge in [0.05, 0.1) is 18.9 Å². The lowest BCUT2D eigenvalue weighted by atomic mass is 9.98. The molecule has 2 aromatic carbocycles. The van der Waals surface area contributed by atoms with Crippen molar-refractivity contribution in [1.29, 1.82) is 0 Å². The van der Waals surface area contributed by atoms with Gasteiger partial charge in [0, 0.05) is 16.6 Å². The van der Waals surface area contributed by atoms with E-state index >= 15 is 0 Å². The number of aliphatic hydroxyl groups excluding tert-OH is 1. The number of nitrogens with zero attached hydrogens (tertiary/aromatic N) is 1. The van der Waals surface area contributed by atoms with E-state index in [-0.39, 0.29) is 11.3 Å². The van der Waals surface area contributed by atoms with Gasteiger partial charge < -0.3 is 19.2 Å². The van der Waals surface area contributed by atoms with Crippen molar-refractivity contribution in [2.45, 2.75) is 19.4 Å². The summed E-state index contributed by atoms with van der Waals surface area (Å²) in [5.74, 6) is -0.425. The number of amides is 1. The number of hydrogen-bond acceptors (Lipinski definition) is 5. The molecule has 0 saturated carbocycles. The number of methoxy groups -OCH3 is 1. The van der Waals surface area contributed by atoms with Crippen molar-refractivity contribution in [2.24, 2.45) is 0 Å². The van der Waals surface area contributed by atoms with Crippen molar-refractivity contribution < 1.29 is 23.8 Å². The van der Waals surface area contributed by atoms with Gasteiger partial charge in [-0.05, 0) is 60.9 Å². The van der Waals surface area contributed by atoms with Crippen LogP contribution < -0.4 is 4.74 Å². The molecule has 0 spiro atoms. The van der Waals surface area contributed by atoms with Crippen LogP contribution in [0.5, 0.6) is 5.75 Å². The topological polar surface area (TPSA) is 80.0 Å². The Labute approximate surface area is 194 Å². The van der Waals surface area contributed by atoms with E-state index in [2.05, 4.69) is 15.9 Å². The fourth-order valence-corrected chi connectivity index (χ4v) is 4.09. The van der Waals surface area contributed by atoms with Crippen molar-refractivity contribution in [3.8, 4) is 5.75 Å². The second kappa shape index (κ2) is 9.04. The molecular weight excluding hydrogens is 474 g/mol. The molecule has 6 nitrogen and oxygen atoms in total. The molecule has 1 aromatic heterocycles. The lowest BCUT2D eigenvalue weighted by molar-refractivity contribution is -0.140. The Morgan fingerprint density at radius 3 is 2.53 bits per heavy atom. The zero-order valence-corrected chi connectivity index (χ0v) is 19.3. The van der Waals surface area contributed by atoms with Gasteiger partial charge in [-0.2, -0.15) is 0 Å². The smallest absolute Gasteiger partial charge is 0.295 e. The van der Waals surface area contributed by atoms with Crippen molar-refractivity contribution in [3.63, 3.8) is 0 Å². The van der Waals surface area contributed by atoms with E-state index in [1.807, 2.05) is 31.2 Å². The van der Waals surface area contributed by atoms with E-state index in [9.17, 15) is 14.7 Å². The Hall–Kier alpha value is -3.32. The summed E-state index contributed by atoms with van der Waals surface area (Å²) >= 11 is 3.44. The lowest BCUT2D eigenvalue weighted by Gasteiger charge is -2.23. The maximum atomic E-state index is 13.0. The molecule has 1 fully saturated rings. The van der Waals surface area contributed by atoms with Crippen LogP contribution >= 0.6 is 15.9 Å². The number of rotatable bonds is 6. The number of benzene rings is 2. The largest absolute Gasteiger partial charge is 0.507 e. The van der Waals surface area contributed by atoms with Crippen molar-refractivity contribution >= 4 is 33.4 Å². The minimum atomic E-state index is -0.799. The number of aliphatic hydroxyl groups is 1. The maximum absolute atomic E-state index is 13.0. The van der Waals surface area contributed by atoms with Gasteiger partial charge in [0.2, 0.25) is 0 Å². The van der Waals surface area contributed by atoms with E-state index in [0.717, 1.165) is 21.3 Å².